The largest absolute Gasteiger partial charge is 0.356 e. The molecule has 1 amide bonds. The number of halogens is 2. The van der Waals surface area contributed by atoms with Crippen LogP contribution in [0.15, 0.2) is 54.4 Å². The molecule has 0 radical (unpaired) electrons. The van der Waals surface area contributed by atoms with Crippen molar-refractivity contribution >= 4 is 34.8 Å². The van der Waals surface area contributed by atoms with Gasteiger partial charge in [-0.3, -0.25) is 4.79 Å². The number of piperazine rings is 1. The second-order valence-corrected chi connectivity index (χ2v) is 10.6. The number of nitrogens with one attached hydrogen (secondary N) is 4. The smallest absolute Gasteiger partial charge is 0.251 e. The van der Waals surface area contributed by atoms with Gasteiger partial charge >= 0.3 is 0 Å². The maximum absolute atomic E-state index is 12.6. The number of hydrogen-bond acceptors (Lipinski definition) is 5. The van der Waals surface area contributed by atoms with E-state index in [-0.39, 0.29) is 5.91 Å². The minimum atomic E-state index is -0.0956. The number of amides is 1. The van der Waals surface area contributed by atoms with Crippen LogP contribution in [-0.2, 0) is 6.42 Å². The Kier molecular flexibility index (Phi) is 9.93. The van der Waals surface area contributed by atoms with Crippen molar-refractivity contribution in [2.75, 3.05) is 38.0 Å². The fraction of sp³-hybridized carbons (Fsp3) is 0.464. The summed E-state index contributed by atoms with van der Waals surface area (Å²) in [5, 5.41) is 15.0. The molecule has 4 rings (SSSR count). The quantitative estimate of drug-likeness (QED) is 0.366. The Morgan fingerprint density at radius 3 is 2.67 bits per heavy atom. The molecule has 1 unspecified atom stereocenters. The van der Waals surface area contributed by atoms with Gasteiger partial charge in [-0.15, -0.1) is 0 Å². The van der Waals surface area contributed by atoms with E-state index in [0.29, 0.717) is 40.7 Å². The predicted molar refractivity (Wildman–Crippen MR) is 150 cm³/mol. The minimum absolute atomic E-state index is 0.0956. The number of rotatable bonds is 9. The molecule has 8 heteroatoms. The van der Waals surface area contributed by atoms with Crippen LogP contribution in [0.5, 0.6) is 0 Å². The third-order valence-corrected chi connectivity index (χ3v) is 7.42. The lowest BCUT2D eigenvalue weighted by atomic mass is 10.0. The molecule has 0 aromatic heterocycles. The van der Waals surface area contributed by atoms with Crippen LogP contribution in [0.4, 0.5) is 5.69 Å². The molecule has 2 aliphatic rings. The molecular formula is C28H37Cl2N5O. The maximum Gasteiger partial charge on any atom is 0.251 e. The number of piperidine rings is 1. The molecule has 2 saturated heterocycles. The van der Waals surface area contributed by atoms with Gasteiger partial charge in [-0.25, -0.2) is 0 Å². The summed E-state index contributed by atoms with van der Waals surface area (Å²) in [6.07, 6.45) is 7.80. The van der Waals surface area contributed by atoms with Crippen LogP contribution < -0.4 is 21.3 Å². The summed E-state index contributed by atoms with van der Waals surface area (Å²) >= 11 is 12.2. The lowest BCUT2D eigenvalue weighted by molar-refractivity contribution is 0.0954. The third-order valence-electron chi connectivity index (χ3n) is 6.83. The number of nitrogens with zero attached hydrogens (tertiary/aromatic N) is 1. The van der Waals surface area contributed by atoms with E-state index in [2.05, 4.69) is 39.2 Å². The van der Waals surface area contributed by atoms with Gasteiger partial charge in [-0.1, -0.05) is 35.7 Å². The minimum Gasteiger partial charge on any atom is -0.356 e. The Labute approximate surface area is 224 Å². The fourth-order valence-corrected chi connectivity index (χ4v) is 5.28. The highest BCUT2D eigenvalue weighted by Crippen LogP contribution is 2.21. The van der Waals surface area contributed by atoms with Gasteiger partial charge in [0, 0.05) is 59.6 Å². The summed E-state index contributed by atoms with van der Waals surface area (Å²) in [7, 11) is 0. The number of carbonyl (C=O) groups excluding carboxylic acids is 1. The number of hydrogen-bond donors (Lipinski definition) is 4. The van der Waals surface area contributed by atoms with Gasteiger partial charge in [0.15, 0.2) is 0 Å². The molecular weight excluding hydrogens is 493 g/mol. The summed E-state index contributed by atoms with van der Waals surface area (Å²) in [6, 6.07) is 14.1. The molecule has 36 heavy (non-hydrogen) atoms. The SMILES string of the molecule is C[C@H]1CN(C(=CCC2CCCCN2)Nc2ccc(C(=O)NCCc3ccc(Cl)cc3Cl)cc2)CCN1. The van der Waals surface area contributed by atoms with Gasteiger partial charge < -0.3 is 26.2 Å². The van der Waals surface area contributed by atoms with Crippen LogP contribution in [0.1, 0.15) is 48.5 Å². The summed E-state index contributed by atoms with van der Waals surface area (Å²) < 4.78 is 0. The van der Waals surface area contributed by atoms with E-state index in [1.54, 1.807) is 6.07 Å². The molecule has 0 aliphatic carbocycles. The van der Waals surface area contributed by atoms with Gasteiger partial charge in [-0.2, -0.15) is 0 Å². The Morgan fingerprint density at radius 2 is 1.94 bits per heavy atom. The van der Waals surface area contributed by atoms with E-state index >= 15 is 0 Å². The van der Waals surface area contributed by atoms with E-state index in [1.807, 2.05) is 36.4 Å². The van der Waals surface area contributed by atoms with Crippen molar-refractivity contribution in [3.05, 3.63) is 75.5 Å². The molecule has 6 nitrogen and oxygen atoms in total. The highest BCUT2D eigenvalue weighted by atomic mass is 35.5. The monoisotopic (exact) mass is 529 g/mol. The number of anilines is 1. The van der Waals surface area contributed by atoms with E-state index < -0.39 is 0 Å². The molecule has 0 bridgehead atoms. The first kappa shape index (κ1) is 26.8. The molecule has 0 spiro atoms. The first-order valence-electron chi connectivity index (χ1n) is 13.0. The highest BCUT2D eigenvalue weighted by Gasteiger charge is 2.19. The third kappa shape index (κ3) is 7.87. The normalized spacial score (nSPS) is 20.8. The van der Waals surface area contributed by atoms with Crippen LogP contribution in [0.25, 0.3) is 0 Å². The summed E-state index contributed by atoms with van der Waals surface area (Å²) in [5.74, 6) is 1.05. The van der Waals surface area contributed by atoms with E-state index in [1.165, 1.54) is 19.3 Å². The van der Waals surface area contributed by atoms with E-state index in [0.717, 1.165) is 49.7 Å². The fourth-order valence-electron chi connectivity index (χ4n) is 4.78. The molecule has 2 aromatic rings. The van der Waals surface area contributed by atoms with Crippen molar-refractivity contribution in [3.63, 3.8) is 0 Å². The Morgan fingerprint density at radius 1 is 1.11 bits per heavy atom. The lowest BCUT2D eigenvalue weighted by Crippen LogP contribution is -2.49. The van der Waals surface area contributed by atoms with Crippen LogP contribution in [0, 0.1) is 0 Å². The second kappa shape index (κ2) is 13.3. The molecule has 4 N–H and O–H groups in total. The molecule has 0 saturated carbocycles. The number of carbonyl (C=O) groups is 1. The molecule has 194 valence electrons. The summed E-state index contributed by atoms with van der Waals surface area (Å²) in [6.45, 7) is 6.75. The zero-order valence-corrected chi connectivity index (χ0v) is 22.5. The van der Waals surface area contributed by atoms with Crippen molar-refractivity contribution in [1.82, 2.24) is 20.9 Å². The zero-order chi connectivity index (χ0) is 25.3. The molecule has 2 heterocycles. The molecule has 2 aromatic carbocycles. The standard InChI is InChI=1S/C28H37Cl2N5O/c1-20-19-35(17-16-31-20)27(12-11-24-4-2-3-14-32-24)34-25-9-6-22(7-10-25)28(36)33-15-13-21-5-8-23(29)18-26(21)30/h5-10,12,18,20,24,31-32,34H,2-4,11,13-17,19H2,1H3,(H,33,36)/t20-,24?/m0/s1. The molecule has 2 atom stereocenters. The van der Waals surface area contributed by atoms with Gasteiger partial charge in [0.2, 0.25) is 0 Å². The van der Waals surface area contributed by atoms with Crippen LogP contribution >= 0.6 is 23.2 Å². The topological polar surface area (TPSA) is 68.4 Å². The number of benzene rings is 2. The average molecular weight is 531 g/mol. The van der Waals surface area contributed by atoms with Crippen molar-refractivity contribution < 1.29 is 4.79 Å². The zero-order valence-electron chi connectivity index (χ0n) is 21.0. The first-order valence-corrected chi connectivity index (χ1v) is 13.7. The Balaban J connectivity index is 1.34. The van der Waals surface area contributed by atoms with Gasteiger partial charge in [0.05, 0.1) is 0 Å². The first-order chi connectivity index (χ1) is 17.5. The van der Waals surface area contributed by atoms with Crippen molar-refractivity contribution in [1.29, 1.82) is 0 Å². The maximum atomic E-state index is 12.6. The van der Waals surface area contributed by atoms with Crippen molar-refractivity contribution in [2.24, 2.45) is 0 Å². The second-order valence-electron chi connectivity index (χ2n) is 9.72. The van der Waals surface area contributed by atoms with Crippen LogP contribution in [0.3, 0.4) is 0 Å². The highest BCUT2D eigenvalue weighted by molar-refractivity contribution is 6.35. The molecule has 2 fully saturated rings. The summed E-state index contributed by atoms with van der Waals surface area (Å²) in [4.78, 5) is 15.1. The van der Waals surface area contributed by atoms with E-state index in [4.69, 9.17) is 23.2 Å². The van der Waals surface area contributed by atoms with E-state index in [9.17, 15) is 4.79 Å². The average Bonchev–Trinajstić information content (AvgIpc) is 2.88. The van der Waals surface area contributed by atoms with Crippen molar-refractivity contribution in [3.8, 4) is 0 Å². The van der Waals surface area contributed by atoms with Gasteiger partial charge in [0.25, 0.3) is 5.91 Å². The van der Waals surface area contributed by atoms with Gasteiger partial charge in [0.1, 0.15) is 5.82 Å². The molecule has 2 aliphatic heterocycles. The summed E-state index contributed by atoms with van der Waals surface area (Å²) in [5.41, 5.74) is 2.58. The van der Waals surface area contributed by atoms with Crippen LogP contribution in [0.2, 0.25) is 10.0 Å². The van der Waals surface area contributed by atoms with Crippen LogP contribution in [-0.4, -0.2) is 55.6 Å². The predicted octanol–water partition coefficient (Wildman–Crippen LogP) is 5.05. The van der Waals surface area contributed by atoms with Gasteiger partial charge in [-0.05, 0) is 87.2 Å². The lowest BCUT2D eigenvalue weighted by Gasteiger charge is -2.36. The Bertz CT molecular complexity index is 1040. The van der Waals surface area contributed by atoms with Crippen molar-refractivity contribution in [2.45, 2.75) is 51.1 Å². The Hall–Kier alpha value is -2.25.